The fourth-order valence-corrected chi connectivity index (χ4v) is 2.29. The fraction of sp³-hybridized carbons (Fsp3) is 0.429. The van der Waals surface area contributed by atoms with Crippen molar-refractivity contribution >= 4 is 11.9 Å². The van der Waals surface area contributed by atoms with E-state index in [0.29, 0.717) is 23.3 Å². The number of halogens is 1. The van der Waals surface area contributed by atoms with Crippen LogP contribution in [0.15, 0.2) is 12.1 Å². The zero-order valence-electron chi connectivity index (χ0n) is 11.4. The summed E-state index contributed by atoms with van der Waals surface area (Å²) in [6, 6.07) is 1.89. The third kappa shape index (κ3) is 2.65. The van der Waals surface area contributed by atoms with E-state index in [4.69, 9.17) is 9.84 Å². The molecule has 0 radical (unpaired) electrons. The summed E-state index contributed by atoms with van der Waals surface area (Å²) in [5.74, 6) is -1.86. The second-order valence-corrected chi connectivity index (χ2v) is 4.85. The summed E-state index contributed by atoms with van der Waals surface area (Å²) in [5.41, 5.74) is 1.04. The Morgan fingerprint density at radius 1 is 1.35 bits per heavy atom. The van der Waals surface area contributed by atoms with Crippen LogP contribution in [0.4, 0.5) is 4.39 Å². The molecule has 6 heteroatoms. The first-order valence-corrected chi connectivity index (χ1v) is 6.30. The van der Waals surface area contributed by atoms with Crippen LogP contribution in [0.1, 0.15) is 21.5 Å². The number of carboxylic acids is 1. The Morgan fingerprint density at radius 3 is 2.50 bits per heavy atom. The van der Waals surface area contributed by atoms with Crippen LogP contribution >= 0.6 is 0 Å². The van der Waals surface area contributed by atoms with Gasteiger partial charge in [-0.1, -0.05) is 0 Å². The van der Waals surface area contributed by atoms with Crippen LogP contribution in [0.2, 0.25) is 0 Å². The Bertz CT molecular complexity index is 535. The molecule has 0 saturated carbocycles. The maximum atomic E-state index is 13.6. The van der Waals surface area contributed by atoms with Crippen LogP contribution in [0.25, 0.3) is 0 Å². The third-order valence-corrected chi connectivity index (χ3v) is 3.36. The molecule has 20 heavy (non-hydrogen) atoms. The maximum absolute atomic E-state index is 13.6. The van der Waals surface area contributed by atoms with Crippen molar-refractivity contribution in [3.8, 4) is 0 Å². The van der Waals surface area contributed by atoms with Crippen molar-refractivity contribution in [1.29, 1.82) is 0 Å². The molecule has 1 N–H and O–H groups in total. The van der Waals surface area contributed by atoms with Crippen LogP contribution in [-0.4, -0.2) is 47.7 Å². The molecule has 108 valence electrons. The Morgan fingerprint density at radius 2 is 1.95 bits per heavy atom. The van der Waals surface area contributed by atoms with Gasteiger partial charge >= 0.3 is 5.97 Å². The molecule has 1 aliphatic rings. The van der Waals surface area contributed by atoms with Gasteiger partial charge in [-0.15, -0.1) is 0 Å². The van der Waals surface area contributed by atoms with Crippen molar-refractivity contribution in [2.45, 2.75) is 19.9 Å². The highest BCUT2D eigenvalue weighted by Crippen LogP contribution is 2.18. The minimum absolute atomic E-state index is 0.0275. The summed E-state index contributed by atoms with van der Waals surface area (Å²) < 4.78 is 18.7. The molecule has 1 aliphatic heterocycles. The van der Waals surface area contributed by atoms with Crippen molar-refractivity contribution < 1.29 is 23.8 Å². The monoisotopic (exact) mass is 281 g/mol. The zero-order valence-corrected chi connectivity index (χ0v) is 11.4. The Labute approximate surface area is 116 Å². The molecule has 1 saturated heterocycles. The minimum Gasteiger partial charge on any atom is -0.480 e. The van der Waals surface area contributed by atoms with Gasteiger partial charge in [0, 0.05) is 12.1 Å². The second-order valence-electron chi connectivity index (χ2n) is 4.85. The molecule has 0 spiro atoms. The summed E-state index contributed by atoms with van der Waals surface area (Å²) in [5, 5.41) is 9.12. The fourth-order valence-electron chi connectivity index (χ4n) is 2.29. The minimum atomic E-state index is -1.10. The van der Waals surface area contributed by atoms with Crippen LogP contribution in [0, 0.1) is 19.7 Å². The number of aliphatic carboxylic acids is 1. The molecule has 1 heterocycles. The molecule has 0 aliphatic carbocycles. The molecule has 2 rings (SSSR count). The molecular formula is C14H16FNO4. The Balaban J connectivity index is 2.32. The zero-order chi connectivity index (χ0) is 14.9. The van der Waals surface area contributed by atoms with Gasteiger partial charge < -0.3 is 14.7 Å². The number of carboxylic acid groups (broad SMARTS) is 1. The lowest BCUT2D eigenvalue weighted by Crippen LogP contribution is -2.52. The summed E-state index contributed by atoms with van der Waals surface area (Å²) in [6.07, 6.45) is 0. The van der Waals surface area contributed by atoms with Crippen LogP contribution < -0.4 is 0 Å². The van der Waals surface area contributed by atoms with Gasteiger partial charge in [-0.3, -0.25) is 4.79 Å². The lowest BCUT2D eigenvalue weighted by atomic mass is 10.0. The smallest absolute Gasteiger partial charge is 0.328 e. The summed E-state index contributed by atoms with van der Waals surface area (Å²) in [7, 11) is 0. The standard InChI is InChI=1S/C14H16FNO4/c1-8-5-10(6-9(2)12(8)15)13(17)16-3-4-20-7-11(16)14(18)19/h5-6,11H,3-4,7H2,1-2H3,(H,18,19). The summed E-state index contributed by atoms with van der Waals surface area (Å²) in [6.45, 7) is 3.64. The normalized spacial score (nSPS) is 18.9. The number of hydrogen-bond acceptors (Lipinski definition) is 3. The van der Waals surface area contributed by atoms with Crippen molar-refractivity contribution in [3.05, 3.63) is 34.6 Å². The van der Waals surface area contributed by atoms with E-state index in [0.717, 1.165) is 0 Å². The number of carbonyl (C=O) groups excluding carboxylic acids is 1. The summed E-state index contributed by atoms with van der Waals surface area (Å²) in [4.78, 5) is 24.8. The number of aryl methyl sites for hydroxylation is 2. The molecule has 1 unspecified atom stereocenters. The number of carbonyl (C=O) groups is 2. The number of amides is 1. The van der Waals surface area contributed by atoms with E-state index in [2.05, 4.69) is 0 Å². The van der Waals surface area contributed by atoms with Gasteiger partial charge in [-0.05, 0) is 37.1 Å². The molecule has 1 atom stereocenters. The van der Waals surface area contributed by atoms with Gasteiger partial charge in [-0.25, -0.2) is 9.18 Å². The molecule has 0 aromatic heterocycles. The van der Waals surface area contributed by atoms with Crippen molar-refractivity contribution in [2.24, 2.45) is 0 Å². The molecular weight excluding hydrogens is 265 g/mol. The van der Waals surface area contributed by atoms with Crippen molar-refractivity contribution in [2.75, 3.05) is 19.8 Å². The van der Waals surface area contributed by atoms with Crippen molar-refractivity contribution in [3.63, 3.8) is 0 Å². The number of ether oxygens (including phenoxy) is 1. The van der Waals surface area contributed by atoms with E-state index >= 15 is 0 Å². The first kappa shape index (κ1) is 14.5. The number of morpholine rings is 1. The largest absolute Gasteiger partial charge is 0.480 e. The van der Waals surface area contributed by atoms with Crippen LogP contribution in [0.5, 0.6) is 0 Å². The van der Waals surface area contributed by atoms with Gasteiger partial charge in [0.25, 0.3) is 5.91 Å². The highest BCUT2D eigenvalue weighted by atomic mass is 19.1. The third-order valence-electron chi connectivity index (χ3n) is 3.36. The number of hydrogen-bond donors (Lipinski definition) is 1. The van der Waals surface area contributed by atoms with E-state index < -0.39 is 17.9 Å². The SMILES string of the molecule is Cc1cc(C(=O)N2CCOCC2C(=O)O)cc(C)c1F. The van der Waals surface area contributed by atoms with E-state index in [1.807, 2.05) is 0 Å². The highest BCUT2D eigenvalue weighted by molar-refractivity contribution is 5.97. The molecule has 1 aromatic carbocycles. The maximum Gasteiger partial charge on any atom is 0.328 e. The molecule has 1 amide bonds. The van der Waals surface area contributed by atoms with Gasteiger partial charge in [0.05, 0.1) is 13.2 Å². The van der Waals surface area contributed by atoms with Crippen LogP contribution in [0.3, 0.4) is 0 Å². The van der Waals surface area contributed by atoms with Gasteiger partial charge in [-0.2, -0.15) is 0 Å². The number of benzene rings is 1. The number of rotatable bonds is 2. The average molecular weight is 281 g/mol. The van der Waals surface area contributed by atoms with E-state index in [9.17, 15) is 14.0 Å². The summed E-state index contributed by atoms with van der Waals surface area (Å²) >= 11 is 0. The van der Waals surface area contributed by atoms with Gasteiger partial charge in [0.15, 0.2) is 6.04 Å². The lowest BCUT2D eigenvalue weighted by molar-refractivity contribution is -0.147. The van der Waals surface area contributed by atoms with Gasteiger partial charge in [0.1, 0.15) is 5.82 Å². The Kier molecular flexibility index (Phi) is 4.04. The molecule has 5 nitrogen and oxygen atoms in total. The van der Waals surface area contributed by atoms with Gasteiger partial charge in [0.2, 0.25) is 0 Å². The molecule has 1 aromatic rings. The Hall–Kier alpha value is -1.95. The quantitative estimate of drug-likeness (QED) is 0.889. The predicted octanol–water partition coefficient (Wildman–Crippen LogP) is 1.37. The topological polar surface area (TPSA) is 66.8 Å². The molecule has 1 fully saturated rings. The average Bonchev–Trinajstić information content (AvgIpc) is 2.43. The predicted molar refractivity (Wildman–Crippen MR) is 69.2 cm³/mol. The second kappa shape index (κ2) is 5.58. The highest BCUT2D eigenvalue weighted by Gasteiger charge is 2.33. The number of nitrogens with zero attached hydrogens (tertiary/aromatic N) is 1. The van der Waals surface area contributed by atoms with Crippen LogP contribution in [-0.2, 0) is 9.53 Å². The van der Waals surface area contributed by atoms with Crippen molar-refractivity contribution in [1.82, 2.24) is 4.90 Å². The molecule has 0 bridgehead atoms. The lowest BCUT2D eigenvalue weighted by Gasteiger charge is -2.33. The van der Waals surface area contributed by atoms with E-state index in [-0.39, 0.29) is 19.0 Å². The first-order valence-electron chi connectivity index (χ1n) is 6.30. The van der Waals surface area contributed by atoms with E-state index in [1.54, 1.807) is 13.8 Å². The first-order chi connectivity index (χ1) is 9.41. The van der Waals surface area contributed by atoms with E-state index in [1.165, 1.54) is 17.0 Å².